The summed E-state index contributed by atoms with van der Waals surface area (Å²) in [5, 5.41) is 0. The van der Waals surface area contributed by atoms with Gasteiger partial charge >= 0.3 is 0 Å². The fourth-order valence-electron chi connectivity index (χ4n) is 2.09. The Balaban J connectivity index is 2.35. The molecule has 2 aromatic rings. The van der Waals surface area contributed by atoms with Crippen LogP contribution in [0.3, 0.4) is 0 Å². The van der Waals surface area contributed by atoms with Crippen molar-refractivity contribution in [2.75, 3.05) is 0 Å². The molecule has 0 N–H and O–H groups in total. The van der Waals surface area contributed by atoms with Crippen LogP contribution in [-0.2, 0) is 0 Å². The maximum atomic E-state index is 12.4. The lowest BCUT2D eigenvalue weighted by molar-refractivity contribution is 0.103. The Morgan fingerprint density at radius 1 is 0.895 bits per heavy atom. The first-order valence-electron chi connectivity index (χ1n) is 6.44. The number of benzene rings is 2. The van der Waals surface area contributed by atoms with Gasteiger partial charge in [0.15, 0.2) is 5.78 Å². The molecule has 0 bridgehead atoms. The molecule has 0 aromatic heterocycles. The van der Waals surface area contributed by atoms with Crippen LogP contribution in [0.25, 0.3) is 6.08 Å². The van der Waals surface area contributed by atoms with Crippen molar-refractivity contribution in [1.29, 1.82) is 0 Å². The summed E-state index contributed by atoms with van der Waals surface area (Å²) in [6, 6.07) is 15.8. The summed E-state index contributed by atoms with van der Waals surface area (Å²) in [4.78, 5) is 12.4. The quantitative estimate of drug-likeness (QED) is 0.575. The van der Waals surface area contributed by atoms with Crippen LogP contribution in [0.4, 0.5) is 0 Å². The van der Waals surface area contributed by atoms with E-state index >= 15 is 0 Å². The number of carbonyl (C=O) groups is 1. The number of Topliss-reactive ketones (excluding diaryl/α,β-unsaturated/α-hetero) is 1. The van der Waals surface area contributed by atoms with Crippen molar-refractivity contribution in [3.63, 3.8) is 0 Å². The van der Waals surface area contributed by atoms with Gasteiger partial charge in [0.05, 0.1) is 0 Å². The van der Waals surface area contributed by atoms with E-state index in [9.17, 15) is 4.79 Å². The summed E-state index contributed by atoms with van der Waals surface area (Å²) >= 11 is 0. The van der Waals surface area contributed by atoms with Gasteiger partial charge in [0, 0.05) is 5.56 Å². The molecule has 1 nitrogen and oxygen atoms in total. The zero-order valence-corrected chi connectivity index (χ0v) is 11.6. The Kier molecular flexibility index (Phi) is 3.96. The average Bonchev–Trinajstić information content (AvgIpc) is 2.41. The summed E-state index contributed by atoms with van der Waals surface area (Å²) in [7, 11) is 0. The van der Waals surface area contributed by atoms with Crippen LogP contribution in [0, 0.1) is 13.8 Å². The van der Waals surface area contributed by atoms with Crippen molar-refractivity contribution < 1.29 is 4.79 Å². The molecule has 0 radical (unpaired) electrons. The van der Waals surface area contributed by atoms with Gasteiger partial charge in [0.1, 0.15) is 0 Å². The fraction of sp³-hybridized carbons (Fsp3) is 0.167. The Morgan fingerprint density at radius 3 is 2.11 bits per heavy atom. The molecule has 0 aliphatic rings. The Labute approximate surface area is 114 Å². The zero-order chi connectivity index (χ0) is 13.8. The van der Waals surface area contributed by atoms with Crippen molar-refractivity contribution in [2.45, 2.75) is 20.8 Å². The van der Waals surface area contributed by atoms with Crippen LogP contribution in [0.5, 0.6) is 0 Å². The first-order chi connectivity index (χ1) is 9.09. The predicted octanol–water partition coefficient (Wildman–Crippen LogP) is 4.59. The molecule has 0 amide bonds. The maximum Gasteiger partial charge on any atom is 0.189 e. The summed E-state index contributed by atoms with van der Waals surface area (Å²) < 4.78 is 0. The van der Waals surface area contributed by atoms with Gasteiger partial charge in [-0.15, -0.1) is 0 Å². The van der Waals surface area contributed by atoms with Crippen LogP contribution >= 0.6 is 0 Å². The van der Waals surface area contributed by atoms with Crippen LogP contribution in [0.1, 0.15) is 34.0 Å². The molecule has 2 aromatic carbocycles. The number of rotatable bonds is 3. The van der Waals surface area contributed by atoms with Crippen LogP contribution in [0.15, 0.2) is 54.1 Å². The molecule has 0 saturated carbocycles. The van der Waals surface area contributed by atoms with Crippen molar-refractivity contribution in [1.82, 2.24) is 0 Å². The van der Waals surface area contributed by atoms with E-state index in [0.29, 0.717) is 0 Å². The second kappa shape index (κ2) is 5.66. The maximum absolute atomic E-state index is 12.4. The molecule has 0 saturated heterocycles. The highest BCUT2D eigenvalue weighted by Gasteiger charge is 2.10. The number of allylic oxidation sites excluding steroid dienone is 1. The Bertz CT molecular complexity index is 636. The minimum Gasteiger partial charge on any atom is -0.289 e. The molecular weight excluding hydrogens is 232 g/mol. The van der Waals surface area contributed by atoms with E-state index in [1.807, 2.05) is 62.4 Å². The van der Waals surface area contributed by atoms with Crippen LogP contribution in [-0.4, -0.2) is 5.78 Å². The molecule has 0 spiro atoms. The molecule has 1 heteroatoms. The van der Waals surface area contributed by atoms with Gasteiger partial charge in [-0.2, -0.15) is 0 Å². The van der Waals surface area contributed by atoms with Crippen molar-refractivity contribution >= 4 is 11.9 Å². The van der Waals surface area contributed by atoms with Crippen LogP contribution < -0.4 is 0 Å². The predicted molar refractivity (Wildman–Crippen MR) is 80.3 cm³/mol. The SMILES string of the molecule is C/C(=C\c1ccccc1C)C(=O)c1ccccc1C. The van der Waals surface area contributed by atoms with Crippen molar-refractivity contribution in [3.05, 3.63) is 76.4 Å². The van der Waals surface area contributed by atoms with E-state index in [-0.39, 0.29) is 5.78 Å². The lowest BCUT2D eigenvalue weighted by Gasteiger charge is -2.06. The Morgan fingerprint density at radius 2 is 1.47 bits per heavy atom. The third-order valence-electron chi connectivity index (χ3n) is 3.31. The molecule has 0 heterocycles. The van der Waals surface area contributed by atoms with Crippen molar-refractivity contribution in [2.24, 2.45) is 0 Å². The second-order valence-corrected chi connectivity index (χ2v) is 4.83. The third-order valence-corrected chi connectivity index (χ3v) is 3.31. The van der Waals surface area contributed by atoms with E-state index in [2.05, 4.69) is 13.0 Å². The third kappa shape index (κ3) is 3.00. The standard InChI is InChI=1S/C18H18O/c1-13-8-4-6-10-16(13)12-15(3)18(19)17-11-7-5-9-14(17)2/h4-12H,1-3H3/b15-12+. The number of hydrogen-bond donors (Lipinski definition) is 0. The molecule has 0 aliphatic carbocycles. The Hall–Kier alpha value is -2.15. The summed E-state index contributed by atoms with van der Waals surface area (Å²) in [6.07, 6.45) is 1.96. The number of carbonyl (C=O) groups excluding carboxylic acids is 1. The molecule has 0 fully saturated rings. The van der Waals surface area contributed by atoms with Gasteiger partial charge in [0.25, 0.3) is 0 Å². The van der Waals surface area contributed by atoms with Gasteiger partial charge < -0.3 is 0 Å². The largest absolute Gasteiger partial charge is 0.289 e. The minimum absolute atomic E-state index is 0.0985. The number of aryl methyl sites for hydroxylation is 2. The van der Waals surface area contributed by atoms with E-state index < -0.39 is 0 Å². The second-order valence-electron chi connectivity index (χ2n) is 4.83. The van der Waals surface area contributed by atoms with Crippen molar-refractivity contribution in [3.8, 4) is 0 Å². The lowest BCUT2D eigenvalue weighted by atomic mass is 9.97. The summed E-state index contributed by atoms with van der Waals surface area (Å²) in [5.74, 6) is 0.0985. The normalized spacial score (nSPS) is 11.4. The van der Waals surface area contributed by atoms with Crippen LogP contribution in [0.2, 0.25) is 0 Å². The molecule has 0 unspecified atom stereocenters. The van der Waals surface area contributed by atoms with E-state index in [1.165, 1.54) is 5.56 Å². The lowest BCUT2D eigenvalue weighted by Crippen LogP contribution is -2.03. The van der Waals surface area contributed by atoms with Gasteiger partial charge in [-0.3, -0.25) is 4.79 Å². The smallest absolute Gasteiger partial charge is 0.189 e. The van der Waals surface area contributed by atoms with Gasteiger partial charge in [-0.1, -0.05) is 48.5 Å². The topological polar surface area (TPSA) is 17.1 Å². The first kappa shape index (κ1) is 13.3. The molecule has 0 aliphatic heterocycles. The molecular formula is C18H18O. The highest BCUT2D eigenvalue weighted by molar-refractivity contribution is 6.11. The monoisotopic (exact) mass is 250 g/mol. The fourth-order valence-corrected chi connectivity index (χ4v) is 2.09. The highest BCUT2D eigenvalue weighted by atomic mass is 16.1. The number of hydrogen-bond acceptors (Lipinski definition) is 1. The number of ketones is 1. The summed E-state index contributed by atoms with van der Waals surface area (Å²) in [6.45, 7) is 5.90. The van der Waals surface area contributed by atoms with Gasteiger partial charge in [-0.05, 0) is 49.1 Å². The molecule has 2 rings (SSSR count). The van der Waals surface area contributed by atoms with E-state index in [4.69, 9.17) is 0 Å². The molecule has 19 heavy (non-hydrogen) atoms. The van der Waals surface area contributed by atoms with Gasteiger partial charge in [-0.25, -0.2) is 0 Å². The average molecular weight is 250 g/mol. The molecule has 0 atom stereocenters. The van der Waals surface area contributed by atoms with E-state index in [1.54, 1.807) is 0 Å². The minimum atomic E-state index is 0.0985. The van der Waals surface area contributed by atoms with Gasteiger partial charge in [0.2, 0.25) is 0 Å². The first-order valence-corrected chi connectivity index (χ1v) is 6.44. The molecule has 96 valence electrons. The summed E-state index contributed by atoms with van der Waals surface area (Å²) in [5.41, 5.74) is 4.85. The van der Waals surface area contributed by atoms with E-state index in [0.717, 1.165) is 22.3 Å². The highest BCUT2D eigenvalue weighted by Crippen LogP contribution is 2.17. The zero-order valence-electron chi connectivity index (χ0n) is 11.6.